The lowest BCUT2D eigenvalue weighted by atomic mass is 9.72. The molecule has 0 aromatic carbocycles. The summed E-state index contributed by atoms with van der Waals surface area (Å²) in [6, 6.07) is 0. The summed E-state index contributed by atoms with van der Waals surface area (Å²) in [5, 5.41) is 9.57. The van der Waals surface area contributed by atoms with Gasteiger partial charge in [-0.1, -0.05) is 34.6 Å². The second-order valence-electron chi connectivity index (χ2n) is 13.8. The Labute approximate surface area is 245 Å². The molecule has 1 aliphatic heterocycles. The third kappa shape index (κ3) is 8.40. The van der Waals surface area contributed by atoms with Crippen LogP contribution in [0.15, 0.2) is 0 Å². The Morgan fingerprint density at radius 2 is 1.31 bits per heavy atom. The van der Waals surface area contributed by atoms with E-state index < -0.39 is 34.9 Å². The minimum Gasteiger partial charge on any atom is -0.459 e. The van der Waals surface area contributed by atoms with Gasteiger partial charge in [0.05, 0.1) is 0 Å². The van der Waals surface area contributed by atoms with E-state index in [1.165, 1.54) is 39.6 Å². The molecule has 3 fully saturated rings. The molecule has 12 heteroatoms. The van der Waals surface area contributed by atoms with Crippen molar-refractivity contribution in [2.24, 2.45) is 46.8 Å². The number of hydrogen-bond acceptors (Lipinski definition) is 5. The van der Waals surface area contributed by atoms with E-state index in [4.69, 9.17) is 4.74 Å². The number of fused-ring (bicyclic) bond motifs is 2. The SMILES string of the molecule is CC1C(=O)N(C)C(=O)C1C.CC1C2CC(CC(C)(O)C(F)(F)F)C(C2)C1C.CCC(C)(C(=O)OC(C)(C)C)C(F)(F)F. The van der Waals surface area contributed by atoms with Crippen LogP contribution in [0.4, 0.5) is 26.3 Å². The van der Waals surface area contributed by atoms with E-state index in [1.807, 2.05) is 0 Å². The number of ether oxygens (including phenoxy) is 1. The second-order valence-corrected chi connectivity index (χ2v) is 13.8. The molecule has 2 aliphatic carbocycles. The van der Waals surface area contributed by atoms with E-state index in [0.717, 1.165) is 26.7 Å². The van der Waals surface area contributed by atoms with Gasteiger partial charge in [0.2, 0.25) is 11.8 Å². The molecule has 1 saturated heterocycles. The van der Waals surface area contributed by atoms with Crippen molar-refractivity contribution in [3.05, 3.63) is 0 Å². The summed E-state index contributed by atoms with van der Waals surface area (Å²) >= 11 is 0. The van der Waals surface area contributed by atoms with Crippen molar-refractivity contribution in [2.45, 2.75) is 118 Å². The number of carbonyl (C=O) groups excluding carboxylic acids is 3. The minimum absolute atomic E-state index is 0.0443. The van der Waals surface area contributed by atoms with Gasteiger partial charge in [0.1, 0.15) is 5.60 Å². The van der Waals surface area contributed by atoms with Crippen molar-refractivity contribution < 1.29 is 50.6 Å². The smallest absolute Gasteiger partial charge is 0.416 e. The number of likely N-dealkylation sites (tertiary alicyclic amines) is 1. The fourth-order valence-corrected chi connectivity index (χ4v) is 5.95. The van der Waals surface area contributed by atoms with Crippen molar-refractivity contribution in [3.63, 3.8) is 0 Å². The van der Waals surface area contributed by atoms with Crippen molar-refractivity contribution in [2.75, 3.05) is 7.05 Å². The lowest BCUT2D eigenvalue weighted by Crippen LogP contribution is -2.45. The predicted molar refractivity (Wildman–Crippen MR) is 146 cm³/mol. The van der Waals surface area contributed by atoms with Crippen molar-refractivity contribution >= 4 is 17.8 Å². The fraction of sp³-hybridized carbons (Fsp3) is 0.900. The van der Waals surface area contributed by atoms with Crippen LogP contribution in [-0.2, 0) is 19.1 Å². The molecule has 1 heterocycles. The zero-order valence-corrected chi connectivity index (χ0v) is 26.7. The first-order valence-corrected chi connectivity index (χ1v) is 14.5. The average Bonchev–Trinajstić information content (AvgIpc) is 3.41. The summed E-state index contributed by atoms with van der Waals surface area (Å²) in [5.41, 5.74) is -5.84. The van der Waals surface area contributed by atoms with Crippen molar-refractivity contribution in [3.8, 4) is 0 Å². The normalized spacial score (nSPS) is 32.3. The lowest BCUT2D eigenvalue weighted by Gasteiger charge is -2.36. The molecular weight excluding hydrogens is 568 g/mol. The van der Waals surface area contributed by atoms with Gasteiger partial charge in [0.25, 0.3) is 0 Å². The Morgan fingerprint density at radius 3 is 1.57 bits per heavy atom. The summed E-state index contributed by atoms with van der Waals surface area (Å²) in [6.07, 6.45) is -7.63. The van der Waals surface area contributed by atoms with Crippen LogP contribution in [0.1, 0.15) is 94.9 Å². The third-order valence-electron chi connectivity index (χ3n) is 9.68. The number of hydrogen-bond donors (Lipinski definition) is 1. The molecule has 0 aromatic heterocycles. The molecule has 9 unspecified atom stereocenters. The van der Waals surface area contributed by atoms with E-state index in [1.54, 1.807) is 13.8 Å². The summed E-state index contributed by atoms with van der Waals surface area (Å²) in [6.45, 7) is 15.6. The van der Waals surface area contributed by atoms with Crippen LogP contribution in [0, 0.1) is 46.8 Å². The standard InChI is InChI=1S/C13H21F3O.C10H17F3O2.C7H11NO2/c1-7-8(2)11-5-9(7)4-10(11)6-12(3,17)13(14,15)16;1-6-9(5,10(11,12)13)7(14)15-8(2,3)4;1-4-5(2)7(10)8(3)6(4)9/h7-11,17H,4-6H2,1-3H3;6H2,1-5H3;4-5H,1-3H3. The highest BCUT2D eigenvalue weighted by Gasteiger charge is 2.57. The highest BCUT2D eigenvalue weighted by Crippen LogP contribution is 2.57. The first-order valence-electron chi connectivity index (χ1n) is 14.5. The molecule has 0 spiro atoms. The van der Waals surface area contributed by atoms with Crippen LogP contribution >= 0.6 is 0 Å². The zero-order valence-electron chi connectivity index (χ0n) is 26.7. The van der Waals surface area contributed by atoms with E-state index in [2.05, 4.69) is 13.8 Å². The number of aliphatic hydroxyl groups is 1. The van der Waals surface area contributed by atoms with Crippen LogP contribution in [0.25, 0.3) is 0 Å². The van der Waals surface area contributed by atoms with E-state index >= 15 is 0 Å². The monoisotopic (exact) mass is 617 g/mol. The van der Waals surface area contributed by atoms with Gasteiger partial charge in [-0.2, -0.15) is 26.3 Å². The van der Waals surface area contributed by atoms with Crippen LogP contribution in [0.3, 0.4) is 0 Å². The highest BCUT2D eigenvalue weighted by atomic mass is 19.4. The third-order valence-corrected chi connectivity index (χ3v) is 9.68. The topological polar surface area (TPSA) is 83.9 Å². The quantitative estimate of drug-likeness (QED) is 0.205. The molecule has 246 valence electrons. The number of amides is 2. The molecule has 1 N–H and O–H groups in total. The molecule has 2 bridgehead atoms. The maximum atomic E-state index is 12.7. The number of halogens is 6. The number of rotatable bonds is 4. The Bertz CT molecular complexity index is 951. The van der Waals surface area contributed by atoms with Crippen molar-refractivity contribution in [1.82, 2.24) is 4.90 Å². The summed E-state index contributed by atoms with van der Waals surface area (Å²) in [7, 11) is 1.53. The first-order chi connectivity index (χ1) is 18.6. The maximum Gasteiger partial charge on any atom is 0.416 e. The van der Waals surface area contributed by atoms with Crippen LogP contribution in [0.5, 0.6) is 0 Å². The van der Waals surface area contributed by atoms with Gasteiger partial charge in [-0.3, -0.25) is 19.3 Å². The van der Waals surface area contributed by atoms with Gasteiger partial charge in [-0.05, 0) is 89.9 Å². The molecule has 3 aliphatic rings. The number of nitrogens with zero attached hydrogens (tertiary/aromatic N) is 1. The number of imide groups is 1. The lowest BCUT2D eigenvalue weighted by molar-refractivity contribution is -0.260. The van der Waals surface area contributed by atoms with Gasteiger partial charge < -0.3 is 9.84 Å². The maximum absolute atomic E-state index is 12.7. The Kier molecular flexibility index (Phi) is 11.8. The molecule has 0 aromatic rings. The Hall–Kier alpha value is -1.85. The van der Waals surface area contributed by atoms with Gasteiger partial charge in [0, 0.05) is 18.9 Å². The van der Waals surface area contributed by atoms with Gasteiger partial charge in [-0.15, -0.1) is 0 Å². The first kappa shape index (κ1) is 38.2. The highest BCUT2D eigenvalue weighted by molar-refractivity contribution is 6.04. The molecule has 42 heavy (non-hydrogen) atoms. The molecule has 0 radical (unpaired) electrons. The Morgan fingerprint density at radius 1 is 0.857 bits per heavy atom. The molecule has 2 saturated carbocycles. The molecular formula is C30H49F6NO5. The van der Waals surface area contributed by atoms with Crippen LogP contribution in [0.2, 0.25) is 0 Å². The summed E-state index contributed by atoms with van der Waals surface area (Å²) in [5.74, 6) is 0.542. The number of carbonyl (C=O) groups is 3. The molecule has 3 rings (SSSR count). The van der Waals surface area contributed by atoms with E-state index in [0.29, 0.717) is 23.7 Å². The van der Waals surface area contributed by atoms with Gasteiger partial charge >= 0.3 is 18.3 Å². The summed E-state index contributed by atoms with van der Waals surface area (Å²) < 4.78 is 80.6. The van der Waals surface area contributed by atoms with Crippen molar-refractivity contribution in [1.29, 1.82) is 0 Å². The zero-order chi connectivity index (χ0) is 33.4. The average molecular weight is 618 g/mol. The largest absolute Gasteiger partial charge is 0.459 e. The van der Waals surface area contributed by atoms with E-state index in [9.17, 15) is 45.8 Å². The van der Waals surface area contributed by atoms with E-state index in [-0.39, 0.29) is 42.4 Å². The van der Waals surface area contributed by atoms with Crippen LogP contribution < -0.4 is 0 Å². The molecule has 6 nitrogen and oxygen atoms in total. The van der Waals surface area contributed by atoms with Gasteiger partial charge in [0.15, 0.2) is 11.0 Å². The fourth-order valence-electron chi connectivity index (χ4n) is 5.95. The van der Waals surface area contributed by atoms with Gasteiger partial charge in [-0.25, -0.2) is 0 Å². The number of esters is 1. The van der Waals surface area contributed by atoms with Crippen LogP contribution in [-0.4, -0.2) is 58.4 Å². The second kappa shape index (κ2) is 13.0. The Balaban J connectivity index is 0.000000326. The molecule has 9 atom stereocenters. The minimum atomic E-state index is -4.58. The number of alkyl halides is 6. The predicted octanol–water partition coefficient (Wildman–Crippen LogP) is 7.18. The summed E-state index contributed by atoms with van der Waals surface area (Å²) in [4.78, 5) is 34.7. The molecule has 2 amide bonds.